The van der Waals surface area contributed by atoms with Crippen LogP contribution in [0.4, 0.5) is 0 Å². The summed E-state index contributed by atoms with van der Waals surface area (Å²) < 4.78 is 5.52. The van der Waals surface area contributed by atoms with Gasteiger partial charge in [-0.3, -0.25) is 4.79 Å². The predicted octanol–water partition coefficient (Wildman–Crippen LogP) is 1.93. The van der Waals surface area contributed by atoms with Gasteiger partial charge in [0.25, 0.3) is 0 Å². The molecule has 19 heavy (non-hydrogen) atoms. The maximum Gasteiger partial charge on any atom is 0.341 e. The number of hydrogen-bond acceptors (Lipinski definition) is 4. The number of carboxylic acids is 1. The number of rotatable bonds is 2. The van der Waals surface area contributed by atoms with Gasteiger partial charge in [-0.15, -0.1) is 0 Å². The van der Waals surface area contributed by atoms with E-state index in [1.54, 1.807) is 6.07 Å². The van der Waals surface area contributed by atoms with Gasteiger partial charge in [-0.05, 0) is 6.07 Å². The molecule has 0 unspecified atom stereocenters. The highest BCUT2D eigenvalue weighted by molar-refractivity contribution is 5.94. The number of aryl methyl sites for hydroxylation is 1. The molecule has 3 aromatic rings. The lowest BCUT2D eigenvalue weighted by Gasteiger charge is -1.98. The Morgan fingerprint density at radius 3 is 2.95 bits per heavy atom. The van der Waals surface area contributed by atoms with Gasteiger partial charge < -0.3 is 14.5 Å². The van der Waals surface area contributed by atoms with E-state index >= 15 is 0 Å². The van der Waals surface area contributed by atoms with Crippen molar-refractivity contribution in [2.45, 2.75) is 13.3 Å². The van der Waals surface area contributed by atoms with Crippen molar-refractivity contribution in [3.05, 3.63) is 39.9 Å². The highest BCUT2D eigenvalue weighted by atomic mass is 16.4. The number of hydrogen-bond donors (Lipinski definition) is 2. The fraction of sp³-hybridized carbons (Fsp3) is 0.154. The van der Waals surface area contributed by atoms with E-state index in [1.807, 2.05) is 6.92 Å². The molecule has 0 saturated carbocycles. The van der Waals surface area contributed by atoms with Gasteiger partial charge in [-0.25, -0.2) is 9.78 Å². The van der Waals surface area contributed by atoms with Crippen molar-refractivity contribution in [2.75, 3.05) is 0 Å². The SMILES string of the molecule is CCc1cc2nc3[nH]cc(C(=O)O)c(=O)c3cc2o1. The molecule has 0 aliphatic heterocycles. The van der Waals surface area contributed by atoms with Crippen molar-refractivity contribution in [2.24, 2.45) is 0 Å². The van der Waals surface area contributed by atoms with E-state index in [0.29, 0.717) is 16.7 Å². The number of pyridine rings is 2. The van der Waals surface area contributed by atoms with Gasteiger partial charge in [0.1, 0.15) is 22.5 Å². The zero-order valence-corrected chi connectivity index (χ0v) is 10.1. The molecule has 0 aromatic carbocycles. The summed E-state index contributed by atoms with van der Waals surface area (Å²) in [5.74, 6) is -0.499. The molecule has 96 valence electrons. The largest absolute Gasteiger partial charge is 0.477 e. The Balaban J connectivity index is 2.40. The number of fused-ring (bicyclic) bond motifs is 2. The van der Waals surface area contributed by atoms with E-state index < -0.39 is 11.4 Å². The van der Waals surface area contributed by atoms with Crippen LogP contribution in [0, 0.1) is 0 Å². The third-order valence-electron chi connectivity index (χ3n) is 2.98. The minimum absolute atomic E-state index is 0.212. The first kappa shape index (κ1) is 11.5. The molecule has 3 rings (SSSR count). The number of aromatic carboxylic acids is 1. The minimum Gasteiger partial charge on any atom is -0.477 e. The van der Waals surface area contributed by atoms with Crippen LogP contribution in [0.25, 0.3) is 22.1 Å². The van der Waals surface area contributed by atoms with Crippen LogP contribution in [0.15, 0.2) is 27.5 Å². The van der Waals surface area contributed by atoms with Crippen LogP contribution < -0.4 is 5.43 Å². The topological polar surface area (TPSA) is 96.2 Å². The molecule has 6 nitrogen and oxygen atoms in total. The van der Waals surface area contributed by atoms with Gasteiger partial charge in [-0.2, -0.15) is 0 Å². The smallest absolute Gasteiger partial charge is 0.341 e. The molecule has 0 radical (unpaired) electrons. The van der Waals surface area contributed by atoms with Crippen LogP contribution in [-0.4, -0.2) is 21.0 Å². The number of carbonyl (C=O) groups is 1. The van der Waals surface area contributed by atoms with E-state index in [-0.39, 0.29) is 10.9 Å². The van der Waals surface area contributed by atoms with Crippen LogP contribution >= 0.6 is 0 Å². The summed E-state index contributed by atoms with van der Waals surface area (Å²) in [7, 11) is 0. The number of nitrogens with one attached hydrogen (secondary N) is 1. The Morgan fingerprint density at radius 2 is 2.26 bits per heavy atom. The first-order valence-corrected chi connectivity index (χ1v) is 5.78. The number of carboxylic acid groups (broad SMARTS) is 1. The van der Waals surface area contributed by atoms with Gasteiger partial charge in [0.2, 0.25) is 5.43 Å². The molecule has 0 fully saturated rings. The Bertz CT molecular complexity index is 860. The summed E-state index contributed by atoms with van der Waals surface area (Å²) in [5, 5.41) is 9.13. The van der Waals surface area contributed by atoms with E-state index in [4.69, 9.17) is 9.52 Å². The molecule has 3 heterocycles. The third kappa shape index (κ3) is 1.69. The molecule has 6 heteroatoms. The first-order chi connectivity index (χ1) is 9.10. The normalized spacial score (nSPS) is 11.2. The van der Waals surface area contributed by atoms with E-state index in [1.165, 1.54) is 6.07 Å². The number of aromatic nitrogens is 2. The molecule has 0 saturated heterocycles. The van der Waals surface area contributed by atoms with E-state index in [0.717, 1.165) is 18.4 Å². The van der Waals surface area contributed by atoms with Crippen LogP contribution in [-0.2, 0) is 6.42 Å². The Kier molecular flexibility index (Phi) is 2.38. The zero-order valence-electron chi connectivity index (χ0n) is 10.1. The standard InChI is InChI=1S/C13H10N2O4/c1-2-6-3-9-10(19-6)4-7-11(16)8(13(17)18)5-14-12(7)15-9/h3-5H,2H2,1H3,(H,17,18)(H,14,15,16). The molecule has 0 bridgehead atoms. The van der Waals surface area contributed by atoms with Gasteiger partial charge in [0.15, 0.2) is 5.58 Å². The fourth-order valence-electron chi connectivity index (χ4n) is 1.98. The second-order valence-electron chi connectivity index (χ2n) is 4.17. The van der Waals surface area contributed by atoms with Crippen LogP contribution in [0.5, 0.6) is 0 Å². The summed E-state index contributed by atoms with van der Waals surface area (Å²) in [6.45, 7) is 1.95. The highest BCUT2D eigenvalue weighted by Crippen LogP contribution is 2.20. The van der Waals surface area contributed by atoms with Crippen molar-refractivity contribution >= 4 is 28.1 Å². The minimum atomic E-state index is -1.27. The highest BCUT2D eigenvalue weighted by Gasteiger charge is 2.14. The summed E-state index contributed by atoms with van der Waals surface area (Å²) >= 11 is 0. The first-order valence-electron chi connectivity index (χ1n) is 5.78. The van der Waals surface area contributed by atoms with Crippen LogP contribution in [0.1, 0.15) is 23.0 Å². The average Bonchev–Trinajstić information content (AvgIpc) is 2.78. The number of H-pyrrole nitrogens is 1. The molecule has 0 spiro atoms. The molecule has 0 aliphatic rings. The Morgan fingerprint density at radius 1 is 1.47 bits per heavy atom. The molecular weight excluding hydrogens is 248 g/mol. The van der Waals surface area contributed by atoms with Crippen molar-refractivity contribution in [3.63, 3.8) is 0 Å². The Hall–Kier alpha value is -2.63. The van der Waals surface area contributed by atoms with Crippen molar-refractivity contribution in [1.82, 2.24) is 9.97 Å². The summed E-state index contributed by atoms with van der Waals surface area (Å²) in [4.78, 5) is 29.9. The Labute approximate surface area is 106 Å². The molecule has 0 amide bonds. The monoisotopic (exact) mass is 258 g/mol. The fourth-order valence-corrected chi connectivity index (χ4v) is 1.98. The number of nitrogens with zero attached hydrogens (tertiary/aromatic N) is 1. The van der Waals surface area contributed by atoms with Gasteiger partial charge in [0, 0.05) is 18.7 Å². The molecule has 0 atom stereocenters. The third-order valence-corrected chi connectivity index (χ3v) is 2.98. The van der Waals surface area contributed by atoms with E-state index in [2.05, 4.69) is 9.97 Å². The molecule has 0 aliphatic carbocycles. The van der Waals surface area contributed by atoms with Crippen LogP contribution in [0.2, 0.25) is 0 Å². The number of furan rings is 1. The summed E-state index contributed by atoms with van der Waals surface area (Å²) in [5.41, 5.74) is 0.604. The van der Waals surface area contributed by atoms with E-state index in [9.17, 15) is 9.59 Å². The molecule has 2 N–H and O–H groups in total. The van der Waals surface area contributed by atoms with Crippen molar-refractivity contribution < 1.29 is 14.3 Å². The predicted molar refractivity (Wildman–Crippen MR) is 68.5 cm³/mol. The second kappa shape index (κ2) is 3.94. The lowest BCUT2D eigenvalue weighted by molar-refractivity contribution is 0.0695. The molecule has 3 aromatic heterocycles. The second-order valence-corrected chi connectivity index (χ2v) is 4.17. The van der Waals surface area contributed by atoms with Crippen molar-refractivity contribution in [1.29, 1.82) is 0 Å². The van der Waals surface area contributed by atoms with Crippen molar-refractivity contribution in [3.8, 4) is 0 Å². The number of aromatic amines is 1. The molecular formula is C13H10N2O4. The zero-order chi connectivity index (χ0) is 13.6. The lowest BCUT2D eigenvalue weighted by Crippen LogP contribution is -2.15. The van der Waals surface area contributed by atoms with Gasteiger partial charge in [-0.1, -0.05) is 6.92 Å². The summed E-state index contributed by atoms with van der Waals surface area (Å²) in [6.07, 6.45) is 1.88. The van der Waals surface area contributed by atoms with Gasteiger partial charge >= 0.3 is 5.97 Å². The maximum absolute atomic E-state index is 12.0. The maximum atomic E-state index is 12.0. The quantitative estimate of drug-likeness (QED) is 0.732. The summed E-state index contributed by atoms with van der Waals surface area (Å²) in [6, 6.07) is 3.33. The lowest BCUT2D eigenvalue weighted by atomic mass is 10.2. The average molecular weight is 258 g/mol. The van der Waals surface area contributed by atoms with Crippen LogP contribution in [0.3, 0.4) is 0 Å². The van der Waals surface area contributed by atoms with Gasteiger partial charge in [0.05, 0.1) is 5.39 Å².